The second-order valence-electron chi connectivity index (χ2n) is 3.32. The van der Waals surface area contributed by atoms with Crippen LogP contribution in [0.2, 0.25) is 0 Å². The van der Waals surface area contributed by atoms with Crippen molar-refractivity contribution in [1.29, 1.82) is 0 Å². The molecule has 2 N–H and O–H groups in total. The number of carbonyl (C=O) groups excluding carboxylic acids is 2. The van der Waals surface area contributed by atoms with E-state index in [0.717, 1.165) is 5.56 Å². The van der Waals surface area contributed by atoms with Crippen LogP contribution in [0, 0.1) is 0 Å². The van der Waals surface area contributed by atoms with Gasteiger partial charge in [0.25, 0.3) is 0 Å². The molecule has 0 spiro atoms. The van der Waals surface area contributed by atoms with Gasteiger partial charge in [0.1, 0.15) is 11.5 Å². The number of Topliss-reactive ketones (excluding diaryl/α,β-unsaturated/α-hetero) is 1. The first kappa shape index (κ1) is 11.2. The van der Waals surface area contributed by atoms with Crippen molar-refractivity contribution in [3.05, 3.63) is 29.8 Å². The van der Waals surface area contributed by atoms with Gasteiger partial charge in [-0.25, -0.2) is 0 Å². The predicted octanol–water partition coefficient (Wildman–Crippen LogP) is 0.988. The third-order valence-electron chi connectivity index (χ3n) is 1.84. The maximum atomic E-state index is 11.1. The maximum absolute atomic E-state index is 11.1. The van der Waals surface area contributed by atoms with Gasteiger partial charge in [-0.2, -0.15) is 0 Å². The predicted molar refractivity (Wildman–Crippen MR) is 55.3 cm³/mol. The number of phenols is 1. The number of hydrogen-bond acceptors (Lipinski definition) is 3. The van der Waals surface area contributed by atoms with E-state index in [-0.39, 0.29) is 23.9 Å². The van der Waals surface area contributed by atoms with Gasteiger partial charge < -0.3 is 10.4 Å². The molecule has 0 fully saturated rings. The second kappa shape index (κ2) is 5.14. The number of ketones is 1. The Hall–Kier alpha value is -1.84. The fourth-order valence-corrected chi connectivity index (χ4v) is 1.10. The molecule has 1 amide bonds. The lowest BCUT2D eigenvalue weighted by molar-refractivity contribution is -0.127. The molecule has 0 aliphatic heterocycles. The van der Waals surface area contributed by atoms with Crippen LogP contribution in [0.1, 0.15) is 18.9 Å². The summed E-state index contributed by atoms with van der Waals surface area (Å²) in [6, 6.07) is 6.52. The molecule has 0 bridgehead atoms. The van der Waals surface area contributed by atoms with Gasteiger partial charge in [-0.05, 0) is 24.6 Å². The largest absolute Gasteiger partial charge is 0.508 e. The molecule has 4 heteroatoms. The van der Waals surface area contributed by atoms with Crippen molar-refractivity contribution >= 4 is 11.7 Å². The SMILES string of the molecule is CC(=O)CC(=O)NCc1ccc(O)cc1. The molecule has 15 heavy (non-hydrogen) atoms. The summed E-state index contributed by atoms with van der Waals surface area (Å²) in [4.78, 5) is 21.7. The Labute approximate surface area is 87.9 Å². The Morgan fingerprint density at radius 2 is 1.87 bits per heavy atom. The van der Waals surface area contributed by atoms with Crippen molar-refractivity contribution in [3.8, 4) is 5.75 Å². The molecule has 1 rings (SSSR count). The molecule has 0 aliphatic carbocycles. The lowest BCUT2D eigenvalue weighted by Gasteiger charge is -2.03. The van der Waals surface area contributed by atoms with E-state index in [1.165, 1.54) is 6.92 Å². The summed E-state index contributed by atoms with van der Waals surface area (Å²) in [7, 11) is 0. The van der Waals surface area contributed by atoms with Gasteiger partial charge >= 0.3 is 0 Å². The zero-order valence-corrected chi connectivity index (χ0v) is 8.49. The molecule has 0 radical (unpaired) electrons. The average molecular weight is 207 g/mol. The summed E-state index contributed by atoms with van der Waals surface area (Å²) in [6.07, 6.45) is -0.0852. The van der Waals surface area contributed by atoms with E-state index in [1.807, 2.05) is 0 Å². The number of nitrogens with one attached hydrogen (secondary N) is 1. The van der Waals surface area contributed by atoms with Crippen LogP contribution in [0.25, 0.3) is 0 Å². The minimum atomic E-state index is -0.282. The van der Waals surface area contributed by atoms with Crippen LogP contribution in [-0.4, -0.2) is 16.8 Å². The molecule has 80 valence electrons. The Balaban J connectivity index is 2.40. The molecule has 0 aliphatic rings. The van der Waals surface area contributed by atoms with Crippen LogP contribution < -0.4 is 5.32 Å². The van der Waals surface area contributed by atoms with Gasteiger partial charge in [-0.3, -0.25) is 9.59 Å². The van der Waals surface area contributed by atoms with Gasteiger partial charge in [-0.1, -0.05) is 12.1 Å². The number of benzene rings is 1. The monoisotopic (exact) mass is 207 g/mol. The van der Waals surface area contributed by atoms with Crippen LogP contribution in [0.5, 0.6) is 5.75 Å². The summed E-state index contributed by atoms with van der Waals surface area (Å²) in [5.41, 5.74) is 0.879. The highest BCUT2D eigenvalue weighted by Gasteiger charge is 2.03. The standard InChI is InChI=1S/C11H13NO3/c1-8(13)6-11(15)12-7-9-2-4-10(14)5-3-9/h2-5,14H,6-7H2,1H3,(H,12,15). The van der Waals surface area contributed by atoms with Crippen molar-refractivity contribution in [2.45, 2.75) is 19.9 Å². The van der Waals surface area contributed by atoms with Crippen molar-refractivity contribution in [3.63, 3.8) is 0 Å². The number of aromatic hydroxyl groups is 1. The highest BCUT2D eigenvalue weighted by atomic mass is 16.3. The van der Waals surface area contributed by atoms with E-state index in [4.69, 9.17) is 5.11 Å². The molecule has 1 aromatic carbocycles. The van der Waals surface area contributed by atoms with E-state index in [0.29, 0.717) is 6.54 Å². The minimum absolute atomic E-state index is 0.0852. The van der Waals surface area contributed by atoms with Crippen LogP contribution in [-0.2, 0) is 16.1 Å². The van der Waals surface area contributed by atoms with Crippen molar-refractivity contribution in [1.82, 2.24) is 5.32 Å². The van der Waals surface area contributed by atoms with Crippen LogP contribution in [0.15, 0.2) is 24.3 Å². The highest BCUT2D eigenvalue weighted by molar-refractivity contribution is 5.96. The first-order chi connectivity index (χ1) is 7.08. The number of phenolic OH excluding ortho intramolecular Hbond substituents is 1. The van der Waals surface area contributed by atoms with Gasteiger partial charge in [-0.15, -0.1) is 0 Å². The smallest absolute Gasteiger partial charge is 0.227 e. The lowest BCUT2D eigenvalue weighted by Crippen LogP contribution is -2.24. The first-order valence-electron chi connectivity index (χ1n) is 4.62. The minimum Gasteiger partial charge on any atom is -0.508 e. The van der Waals surface area contributed by atoms with Crippen LogP contribution in [0.3, 0.4) is 0 Å². The topological polar surface area (TPSA) is 66.4 Å². The van der Waals surface area contributed by atoms with E-state index in [9.17, 15) is 9.59 Å². The lowest BCUT2D eigenvalue weighted by atomic mass is 10.2. The molecule has 0 unspecified atom stereocenters. The summed E-state index contributed by atoms with van der Waals surface area (Å²) in [6.45, 7) is 1.74. The molecule has 1 aromatic rings. The first-order valence-corrected chi connectivity index (χ1v) is 4.62. The van der Waals surface area contributed by atoms with Gasteiger partial charge in [0, 0.05) is 6.54 Å². The molecular weight excluding hydrogens is 194 g/mol. The molecule has 0 heterocycles. The van der Waals surface area contributed by atoms with Crippen molar-refractivity contribution in [2.75, 3.05) is 0 Å². The Kier molecular flexibility index (Phi) is 3.85. The van der Waals surface area contributed by atoms with E-state index < -0.39 is 0 Å². The molecule has 0 saturated heterocycles. The summed E-state index contributed by atoms with van der Waals surface area (Å²) >= 11 is 0. The Morgan fingerprint density at radius 1 is 1.27 bits per heavy atom. The van der Waals surface area contributed by atoms with Gasteiger partial charge in [0.2, 0.25) is 5.91 Å². The normalized spacial score (nSPS) is 9.67. The summed E-state index contributed by atoms with van der Waals surface area (Å²) in [5, 5.41) is 11.6. The fraction of sp³-hybridized carbons (Fsp3) is 0.273. The fourth-order valence-electron chi connectivity index (χ4n) is 1.10. The van der Waals surface area contributed by atoms with Crippen LogP contribution in [0.4, 0.5) is 0 Å². The highest BCUT2D eigenvalue weighted by Crippen LogP contribution is 2.09. The number of amides is 1. The third kappa shape index (κ3) is 4.26. The van der Waals surface area contributed by atoms with Gasteiger partial charge in [0.05, 0.1) is 6.42 Å². The molecule has 0 aromatic heterocycles. The molecule has 0 atom stereocenters. The quantitative estimate of drug-likeness (QED) is 0.723. The summed E-state index contributed by atoms with van der Waals surface area (Å²) < 4.78 is 0. The zero-order valence-electron chi connectivity index (χ0n) is 8.49. The van der Waals surface area contributed by atoms with Crippen LogP contribution >= 0.6 is 0 Å². The number of hydrogen-bond donors (Lipinski definition) is 2. The van der Waals surface area contributed by atoms with E-state index >= 15 is 0 Å². The van der Waals surface area contributed by atoms with Crippen molar-refractivity contribution in [2.24, 2.45) is 0 Å². The van der Waals surface area contributed by atoms with Crippen molar-refractivity contribution < 1.29 is 14.7 Å². The molecular formula is C11H13NO3. The Morgan fingerprint density at radius 3 is 2.40 bits per heavy atom. The zero-order chi connectivity index (χ0) is 11.3. The third-order valence-corrected chi connectivity index (χ3v) is 1.84. The average Bonchev–Trinajstić information content (AvgIpc) is 2.16. The number of rotatable bonds is 4. The molecule has 4 nitrogen and oxygen atoms in total. The Bertz CT molecular complexity index is 357. The summed E-state index contributed by atoms with van der Waals surface area (Å²) in [5.74, 6) is -0.248. The van der Waals surface area contributed by atoms with E-state index in [1.54, 1.807) is 24.3 Å². The number of carbonyl (C=O) groups is 2. The van der Waals surface area contributed by atoms with E-state index in [2.05, 4.69) is 5.32 Å². The second-order valence-corrected chi connectivity index (χ2v) is 3.32. The molecule has 0 saturated carbocycles. The maximum Gasteiger partial charge on any atom is 0.227 e. The van der Waals surface area contributed by atoms with Gasteiger partial charge in [0.15, 0.2) is 0 Å².